The number of anilines is 2. The van der Waals surface area contributed by atoms with E-state index in [1.165, 1.54) is 0 Å². The first kappa shape index (κ1) is 21.6. The monoisotopic (exact) mass is 450 g/mol. The molecule has 0 spiro atoms. The summed E-state index contributed by atoms with van der Waals surface area (Å²) < 4.78 is 7.44. The summed E-state index contributed by atoms with van der Waals surface area (Å²) in [6.07, 6.45) is 3.36. The van der Waals surface area contributed by atoms with Crippen molar-refractivity contribution >= 4 is 28.6 Å². The quantitative estimate of drug-likeness (QED) is 0.496. The lowest BCUT2D eigenvalue weighted by molar-refractivity contribution is -0.127. The fourth-order valence-corrected chi connectivity index (χ4v) is 4.36. The highest BCUT2D eigenvalue weighted by Crippen LogP contribution is 2.25. The number of benzene rings is 1. The van der Waals surface area contributed by atoms with E-state index < -0.39 is 0 Å². The number of nitrogen functional groups attached to an aromatic ring is 1. The highest BCUT2D eigenvalue weighted by molar-refractivity contribution is 5.85. The van der Waals surface area contributed by atoms with Crippen LogP contribution in [0.15, 0.2) is 30.6 Å². The largest absolute Gasteiger partial charge is 0.399 e. The lowest BCUT2D eigenvalue weighted by Gasteiger charge is -2.26. The first-order chi connectivity index (χ1) is 16.2. The minimum atomic E-state index is 0.222. The fourth-order valence-electron chi connectivity index (χ4n) is 4.36. The molecule has 2 saturated heterocycles. The molecular formula is C23H30N8O2. The number of carbonyl (C=O) groups is 1. The Morgan fingerprint density at radius 2 is 1.97 bits per heavy atom. The lowest BCUT2D eigenvalue weighted by Crippen LogP contribution is -2.39. The summed E-state index contributed by atoms with van der Waals surface area (Å²) in [4.78, 5) is 30.5. The molecule has 1 amide bonds. The van der Waals surface area contributed by atoms with Crippen LogP contribution in [0.25, 0.3) is 22.6 Å². The van der Waals surface area contributed by atoms with Gasteiger partial charge in [-0.3, -0.25) is 9.69 Å². The highest BCUT2D eigenvalue weighted by Gasteiger charge is 2.21. The molecule has 0 bridgehead atoms. The number of likely N-dealkylation sites (tertiary alicyclic amines) is 1. The predicted molar refractivity (Wildman–Crippen MR) is 127 cm³/mol. The van der Waals surface area contributed by atoms with Crippen molar-refractivity contribution in [2.45, 2.75) is 19.4 Å². The Morgan fingerprint density at radius 3 is 2.76 bits per heavy atom. The van der Waals surface area contributed by atoms with Gasteiger partial charge < -0.3 is 25.3 Å². The third-order valence-electron chi connectivity index (χ3n) is 6.22. The van der Waals surface area contributed by atoms with Crippen LogP contribution >= 0.6 is 0 Å². The van der Waals surface area contributed by atoms with Gasteiger partial charge in [0, 0.05) is 63.5 Å². The van der Waals surface area contributed by atoms with Gasteiger partial charge in [-0.25, -0.2) is 15.0 Å². The maximum Gasteiger partial charge on any atom is 0.222 e. The Morgan fingerprint density at radius 1 is 1.09 bits per heavy atom. The average Bonchev–Trinajstić information content (AvgIpc) is 3.44. The van der Waals surface area contributed by atoms with Crippen molar-refractivity contribution in [3.05, 3.63) is 30.6 Å². The van der Waals surface area contributed by atoms with E-state index in [9.17, 15) is 4.79 Å². The van der Waals surface area contributed by atoms with E-state index in [0.717, 1.165) is 69.1 Å². The molecule has 10 heteroatoms. The van der Waals surface area contributed by atoms with Crippen LogP contribution in [-0.2, 0) is 16.1 Å². The van der Waals surface area contributed by atoms with E-state index >= 15 is 0 Å². The van der Waals surface area contributed by atoms with Crippen molar-refractivity contribution in [3.8, 4) is 11.4 Å². The molecule has 174 valence electrons. The molecule has 3 N–H and O–H groups in total. The van der Waals surface area contributed by atoms with Gasteiger partial charge in [0.1, 0.15) is 5.52 Å². The number of nitrogens with one attached hydrogen (secondary N) is 1. The second-order valence-corrected chi connectivity index (χ2v) is 8.50. The second kappa shape index (κ2) is 9.72. The minimum absolute atomic E-state index is 0.222. The van der Waals surface area contributed by atoms with Gasteiger partial charge in [0.2, 0.25) is 5.91 Å². The number of fused-ring (bicyclic) bond motifs is 1. The van der Waals surface area contributed by atoms with E-state index in [4.69, 9.17) is 20.4 Å². The topological polar surface area (TPSA) is 114 Å². The third kappa shape index (κ3) is 4.91. The number of rotatable bonds is 8. The Balaban J connectivity index is 1.41. The van der Waals surface area contributed by atoms with Gasteiger partial charge in [-0.1, -0.05) is 12.1 Å². The summed E-state index contributed by atoms with van der Waals surface area (Å²) in [5, 5.41) is 3.47. The van der Waals surface area contributed by atoms with Crippen molar-refractivity contribution in [1.82, 2.24) is 29.3 Å². The van der Waals surface area contributed by atoms with Crippen molar-refractivity contribution in [1.29, 1.82) is 0 Å². The Bertz CT molecular complexity index is 1120. The van der Waals surface area contributed by atoms with Crippen LogP contribution in [0.3, 0.4) is 0 Å². The fraction of sp³-hybridized carbons (Fsp3) is 0.478. The summed E-state index contributed by atoms with van der Waals surface area (Å²) in [7, 11) is 0. The first-order valence-corrected chi connectivity index (χ1v) is 11.6. The van der Waals surface area contributed by atoms with E-state index in [2.05, 4.69) is 15.2 Å². The van der Waals surface area contributed by atoms with Gasteiger partial charge in [-0.2, -0.15) is 0 Å². The summed E-state index contributed by atoms with van der Waals surface area (Å²) in [6, 6.07) is 7.59. The third-order valence-corrected chi connectivity index (χ3v) is 6.22. The number of carbonyl (C=O) groups excluding carboxylic acids is 1. The predicted octanol–water partition coefficient (Wildman–Crippen LogP) is 1.44. The van der Waals surface area contributed by atoms with Crippen molar-refractivity contribution < 1.29 is 9.53 Å². The van der Waals surface area contributed by atoms with Crippen molar-refractivity contribution in [2.24, 2.45) is 0 Å². The molecule has 2 aromatic heterocycles. The summed E-state index contributed by atoms with van der Waals surface area (Å²) in [5.74, 6) is 1.53. The number of imidazole rings is 1. The van der Waals surface area contributed by atoms with Crippen LogP contribution in [0.1, 0.15) is 12.8 Å². The molecule has 10 nitrogen and oxygen atoms in total. The van der Waals surface area contributed by atoms with Crippen molar-refractivity contribution in [2.75, 3.05) is 63.5 Å². The SMILES string of the molecule is Nc1cccc(-c2nc(NCCN3CCOCC3)c3ncn(CCN4CCCC4=O)c3n2)c1. The molecule has 3 aromatic rings. The number of nitrogens with zero attached hydrogens (tertiary/aromatic N) is 6. The number of nitrogens with two attached hydrogens (primary N) is 1. The molecular weight excluding hydrogens is 420 g/mol. The van der Waals surface area contributed by atoms with E-state index in [0.29, 0.717) is 36.8 Å². The minimum Gasteiger partial charge on any atom is -0.399 e. The van der Waals surface area contributed by atoms with Gasteiger partial charge in [-0.05, 0) is 18.6 Å². The number of aromatic nitrogens is 4. The van der Waals surface area contributed by atoms with E-state index in [1.807, 2.05) is 33.7 Å². The molecule has 0 atom stereocenters. The number of morpholine rings is 1. The molecule has 0 radical (unpaired) electrons. The Labute approximate surface area is 192 Å². The number of hydrogen-bond donors (Lipinski definition) is 2. The van der Waals surface area contributed by atoms with Crippen LogP contribution in [-0.4, -0.2) is 87.7 Å². The standard InChI is InChI=1S/C23H30N8O2/c24-18-4-1-3-17(15-18)21-27-22(25-6-8-29-11-13-33-14-12-29)20-23(28-21)31(16-26-20)10-9-30-7-2-5-19(30)32/h1,3-4,15-16H,2,5-14,24H2,(H,25,27,28). The van der Waals surface area contributed by atoms with E-state index in [-0.39, 0.29) is 5.91 Å². The van der Waals surface area contributed by atoms with Gasteiger partial charge in [0.05, 0.1) is 19.5 Å². The van der Waals surface area contributed by atoms with Crippen LogP contribution in [0.2, 0.25) is 0 Å². The van der Waals surface area contributed by atoms with Gasteiger partial charge in [0.15, 0.2) is 17.3 Å². The molecule has 4 heterocycles. The molecule has 0 aliphatic carbocycles. The zero-order valence-corrected chi connectivity index (χ0v) is 18.7. The maximum absolute atomic E-state index is 12.0. The van der Waals surface area contributed by atoms with Crippen LogP contribution in [0.5, 0.6) is 0 Å². The number of ether oxygens (including phenoxy) is 1. The Kier molecular flexibility index (Phi) is 6.36. The second-order valence-electron chi connectivity index (χ2n) is 8.50. The summed E-state index contributed by atoms with van der Waals surface area (Å²) in [5.41, 5.74) is 9.02. The smallest absolute Gasteiger partial charge is 0.222 e. The van der Waals surface area contributed by atoms with Crippen LogP contribution < -0.4 is 11.1 Å². The molecule has 5 rings (SSSR count). The van der Waals surface area contributed by atoms with Gasteiger partial charge >= 0.3 is 0 Å². The zero-order chi connectivity index (χ0) is 22.6. The summed E-state index contributed by atoms with van der Waals surface area (Å²) >= 11 is 0. The van der Waals surface area contributed by atoms with Gasteiger partial charge in [-0.15, -0.1) is 0 Å². The normalized spacial score (nSPS) is 17.2. The highest BCUT2D eigenvalue weighted by atomic mass is 16.5. The zero-order valence-electron chi connectivity index (χ0n) is 18.7. The van der Waals surface area contributed by atoms with Gasteiger partial charge in [0.25, 0.3) is 0 Å². The molecule has 2 fully saturated rings. The molecule has 1 aromatic carbocycles. The summed E-state index contributed by atoms with van der Waals surface area (Å²) in [6.45, 7) is 7.22. The van der Waals surface area contributed by atoms with Crippen LogP contribution in [0.4, 0.5) is 11.5 Å². The molecule has 0 unspecified atom stereocenters. The molecule has 0 saturated carbocycles. The van der Waals surface area contributed by atoms with Crippen molar-refractivity contribution in [3.63, 3.8) is 0 Å². The molecule has 33 heavy (non-hydrogen) atoms. The number of hydrogen-bond acceptors (Lipinski definition) is 8. The number of amides is 1. The lowest BCUT2D eigenvalue weighted by atomic mass is 10.2. The van der Waals surface area contributed by atoms with Crippen LogP contribution in [0, 0.1) is 0 Å². The average molecular weight is 451 g/mol. The Hall–Kier alpha value is -3.24. The maximum atomic E-state index is 12.0. The first-order valence-electron chi connectivity index (χ1n) is 11.6. The molecule has 2 aliphatic heterocycles. The van der Waals surface area contributed by atoms with E-state index in [1.54, 1.807) is 6.33 Å². The molecule has 2 aliphatic rings.